The smallest absolute Gasteiger partial charge is 0.317 e. The first-order chi connectivity index (χ1) is 37.9. The lowest BCUT2D eigenvalue weighted by atomic mass is 9.35. The van der Waals surface area contributed by atoms with Gasteiger partial charge in [0.25, 0.3) is 0 Å². The average Bonchev–Trinajstić information content (AvgIpc) is 2.15. The summed E-state index contributed by atoms with van der Waals surface area (Å²) in [5, 5.41) is 151. The Labute approximate surface area is 472 Å². The van der Waals surface area contributed by atoms with Crippen LogP contribution in [0.5, 0.6) is 0 Å². The van der Waals surface area contributed by atoms with E-state index in [-0.39, 0.29) is 34.5 Å². The van der Waals surface area contributed by atoms with Gasteiger partial charge >= 0.3 is 11.9 Å². The number of hydrogen-bond acceptors (Lipinski definition) is 24. The number of aliphatic carboxylic acids is 1. The number of carboxylic acid groups (broad SMARTS) is 1. The minimum atomic E-state index is -1.95. The maximum Gasteiger partial charge on any atom is 0.317 e. The van der Waals surface area contributed by atoms with Crippen LogP contribution >= 0.6 is 0 Å². The van der Waals surface area contributed by atoms with Gasteiger partial charge < -0.3 is 114 Å². The molecule has 14 N–H and O–H groups in total. The Kier molecular flexibility index (Phi) is 19.9. The molecule has 25 heteroatoms. The van der Waals surface area contributed by atoms with Gasteiger partial charge in [-0.3, -0.25) is 9.59 Å². The molecule has 8 aliphatic rings. The molecule has 4 aliphatic heterocycles. The largest absolute Gasteiger partial charge is 0.481 e. The zero-order valence-electron chi connectivity index (χ0n) is 47.7. The molecular weight excluding hydrogens is 1070 g/mol. The minimum Gasteiger partial charge on any atom is -0.481 e. The molecule has 0 unspecified atom stereocenters. The van der Waals surface area contributed by atoms with Crippen molar-refractivity contribution in [3.63, 3.8) is 0 Å². The molecule has 0 aromatic rings. The first kappa shape index (κ1) is 64.8. The standard InChI is InChI=1S/C56H92O25/c1-24(2)10-9-14-56(8,81-50-46(72)42(68)40(66)30(78-50)23-74-48-44(70)38(64)28(21-58)75-48)25-11-16-55(7)36(25)26(59)18-32-53(5)15-13-33(52(3,4)31(53)12-17-54(32,55)6)79-51-47(43(69)37(63)27(20-57)76-51)80-49-45(71)41(67)39(65)29(77-49)22-73-35(62)19-34(60)61/h10,25-33,36-51,57-59,63-72H,9,11-23H2,1-8H3,(H,60,61)/t25-,26-,27-,28+,29-,30-,31+,32+,33+,36+,37-,38+,39-,40-,41+,42+,43+,44-,45-,46-,47-,48-,49+,50+,51+,53+,54-,55-,56+/m1/s1. The number of allylic oxidation sites excluding steroid dienone is 2. The zero-order valence-corrected chi connectivity index (χ0v) is 47.7. The van der Waals surface area contributed by atoms with Crippen LogP contribution < -0.4 is 0 Å². The molecule has 0 amide bonds. The fourth-order valence-electron chi connectivity index (χ4n) is 16.4. The number of aliphatic hydroxyl groups is 13. The first-order valence-electron chi connectivity index (χ1n) is 28.8. The number of carbonyl (C=O) groups is 2. The molecule has 0 bridgehead atoms. The molecular formula is C56H92O25. The fourth-order valence-corrected chi connectivity index (χ4v) is 16.4. The molecule has 4 heterocycles. The lowest BCUT2D eigenvalue weighted by Crippen LogP contribution is -2.68. The van der Waals surface area contributed by atoms with Gasteiger partial charge in [0.2, 0.25) is 0 Å². The maximum absolute atomic E-state index is 12.9. The number of rotatable bonds is 19. The molecule has 81 heavy (non-hydrogen) atoms. The molecule has 0 spiro atoms. The average molecular weight is 1170 g/mol. The first-order valence-corrected chi connectivity index (χ1v) is 28.8. The van der Waals surface area contributed by atoms with Crippen molar-refractivity contribution in [2.75, 3.05) is 26.4 Å². The minimum absolute atomic E-state index is 0.00537. The quantitative estimate of drug-likeness (QED) is 0.0302. The third-order valence-corrected chi connectivity index (χ3v) is 21.1. The van der Waals surface area contributed by atoms with Crippen molar-refractivity contribution in [3.05, 3.63) is 11.6 Å². The van der Waals surface area contributed by atoms with Crippen molar-refractivity contribution in [3.8, 4) is 0 Å². The van der Waals surface area contributed by atoms with Gasteiger partial charge in [0.15, 0.2) is 25.2 Å². The van der Waals surface area contributed by atoms with E-state index in [0.29, 0.717) is 38.5 Å². The summed E-state index contributed by atoms with van der Waals surface area (Å²) < 4.78 is 54.0. The highest BCUT2D eigenvalue weighted by Gasteiger charge is 2.72. The molecule has 0 radical (unpaired) electrons. The number of hydrogen-bond donors (Lipinski definition) is 14. The molecule has 0 aromatic heterocycles. The lowest BCUT2D eigenvalue weighted by Gasteiger charge is -2.71. The molecule has 4 saturated carbocycles. The van der Waals surface area contributed by atoms with E-state index in [0.717, 1.165) is 24.8 Å². The summed E-state index contributed by atoms with van der Waals surface area (Å²) in [6, 6.07) is 0. The lowest BCUT2D eigenvalue weighted by molar-refractivity contribution is -0.378. The molecule has 8 rings (SSSR count). The van der Waals surface area contributed by atoms with Gasteiger partial charge in [0, 0.05) is 0 Å². The third kappa shape index (κ3) is 12.0. The highest BCUT2D eigenvalue weighted by molar-refractivity contribution is 5.90. The van der Waals surface area contributed by atoms with Gasteiger partial charge in [-0.15, -0.1) is 0 Å². The van der Waals surface area contributed by atoms with E-state index < -0.39 is 190 Å². The second-order valence-electron chi connectivity index (χ2n) is 26.3. The van der Waals surface area contributed by atoms with E-state index in [4.69, 9.17) is 47.7 Å². The Balaban J connectivity index is 0.998. The molecule has 4 aliphatic carbocycles. The van der Waals surface area contributed by atoms with Crippen molar-refractivity contribution >= 4 is 11.9 Å². The molecule has 25 nitrogen and oxygen atoms in total. The fraction of sp³-hybridized carbons (Fsp3) is 0.929. The number of aliphatic hydroxyl groups excluding tert-OH is 13. The number of carboxylic acids is 1. The van der Waals surface area contributed by atoms with Crippen LogP contribution in [0.2, 0.25) is 0 Å². The van der Waals surface area contributed by atoms with Crippen LogP contribution in [0.25, 0.3) is 0 Å². The third-order valence-electron chi connectivity index (χ3n) is 21.1. The summed E-state index contributed by atoms with van der Waals surface area (Å²) in [5.74, 6) is -3.18. The molecule has 0 aromatic carbocycles. The maximum atomic E-state index is 12.9. The van der Waals surface area contributed by atoms with Gasteiger partial charge in [0.1, 0.15) is 105 Å². The normalized spacial score (nSPS) is 49.4. The van der Waals surface area contributed by atoms with Crippen LogP contribution in [0.15, 0.2) is 11.6 Å². The van der Waals surface area contributed by atoms with Crippen LogP contribution in [0.4, 0.5) is 0 Å². The van der Waals surface area contributed by atoms with Crippen molar-refractivity contribution in [1.82, 2.24) is 0 Å². The zero-order chi connectivity index (χ0) is 59.6. The summed E-state index contributed by atoms with van der Waals surface area (Å²) in [6.07, 6.45) is -25.1. The van der Waals surface area contributed by atoms with Crippen molar-refractivity contribution < 1.29 is 124 Å². The van der Waals surface area contributed by atoms with Gasteiger partial charge in [-0.05, 0) is 124 Å². The summed E-state index contributed by atoms with van der Waals surface area (Å²) in [5.41, 5.74) is -1.72. The van der Waals surface area contributed by atoms with Gasteiger partial charge in [-0.25, -0.2) is 0 Å². The van der Waals surface area contributed by atoms with Crippen LogP contribution in [0.1, 0.15) is 120 Å². The second kappa shape index (κ2) is 24.9. The van der Waals surface area contributed by atoms with Gasteiger partial charge in [-0.2, -0.15) is 0 Å². The van der Waals surface area contributed by atoms with E-state index in [9.17, 15) is 76.0 Å². The summed E-state index contributed by atoms with van der Waals surface area (Å²) >= 11 is 0. The van der Waals surface area contributed by atoms with Crippen LogP contribution in [0, 0.1) is 45.3 Å². The topological polar surface area (TPSA) is 400 Å². The summed E-state index contributed by atoms with van der Waals surface area (Å²) in [6.45, 7) is 14.6. The van der Waals surface area contributed by atoms with E-state index in [1.807, 2.05) is 20.8 Å². The Bertz CT molecular complexity index is 2180. The Morgan fingerprint density at radius 2 is 1.15 bits per heavy atom. The second-order valence-corrected chi connectivity index (χ2v) is 26.3. The highest BCUT2D eigenvalue weighted by atomic mass is 16.8. The van der Waals surface area contributed by atoms with E-state index in [1.165, 1.54) is 0 Å². The van der Waals surface area contributed by atoms with E-state index >= 15 is 0 Å². The molecule has 466 valence electrons. The highest BCUT2D eigenvalue weighted by Crippen LogP contribution is 2.76. The van der Waals surface area contributed by atoms with E-state index in [2.05, 4.69) is 40.7 Å². The van der Waals surface area contributed by atoms with Gasteiger partial charge in [0.05, 0.1) is 37.6 Å². The van der Waals surface area contributed by atoms with Crippen molar-refractivity contribution in [2.45, 2.75) is 254 Å². The summed E-state index contributed by atoms with van der Waals surface area (Å²) in [4.78, 5) is 23.0. The Morgan fingerprint density at radius 3 is 1.77 bits per heavy atom. The Morgan fingerprint density at radius 1 is 0.605 bits per heavy atom. The van der Waals surface area contributed by atoms with Gasteiger partial charge in [-0.1, -0.05) is 46.3 Å². The number of ether oxygens (including phenoxy) is 9. The van der Waals surface area contributed by atoms with E-state index in [1.54, 1.807) is 0 Å². The van der Waals surface area contributed by atoms with Crippen molar-refractivity contribution in [2.24, 2.45) is 45.3 Å². The van der Waals surface area contributed by atoms with Crippen molar-refractivity contribution in [1.29, 1.82) is 0 Å². The monoisotopic (exact) mass is 1160 g/mol. The van der Waals surface area contributed by atoms with Crippen LogP contribution in [-0.2, 0) is 52.2 Å². The number of fused-ring (bicyclic) bond motifs is 5. The number of esters is 1. The van der Waals surface area contributed by atoms with Crippen LogP contribution in [0.3, 0.4) is 0 Å². The van der Waals surface area contributed by atoms with Crippen LogP contribution in [-0.4, -0.2) is 244 Å². The molecule has 4 saturated heterocycles. The molecule has 29 atom stereocenters. The Hall–Kier alpha value is -2.16. The summed E-state index contributed by atoms with van der Waals surface area (Å²) in [7, 11) is 0. The predicted molar refractivity (Wildman–Crippen MR) is 276 cm³/mol. The number of carbonyl (C=O) groups excluding carboxylic acids is 1. The SMILES string of the molecule is CC(C)=CCC[C@](C)(O[C@@H]1O[C@H](CO[C@@H]2O[C@@H](CO)[C@H](O)[C@H]2O)[C@@H](O)[C@H](O)[C@H]1O)[C@@H]1CC[C@]2(C)[C@@H]1[C@H](O)C[C@H]1[C@@]3(C)CC[C@H](O[C@@H]4O[C@H](CO)[C@@H](O)[C@H](O)[C@H]4O[C@@H]4O[C@H](COC(=O)CC(=O)O)[C@@H](O)[C@H](O)[C@H]4O)C(C)(C)[C@@H]3CC[C@]12C. The predicted octanol–water partition coefficient (Wildman–Crippen LogP) is -1.54. The molecule has 8 fully saturated rings.